The van der Waals surface area contributed by atoms with Crippen LogP contribution >= 0.6 is 0 Å². The van der Waals surface area contributed by atoms with Gasteiger partial charge < -0.3 is 14.6 Å². The van der Waals surface area contributed by atoms with E-state index in [1.807, 2.05) is 21.7 Å². The quantitative estimate of drug-likeness (QED) is 0.675. The van der Waals surface area contributed by atoms with Crippen LogP contribution in [0.25, 0.3) is 0 Å². The smallest absolute Gasteiger partial charge is 0.270 e. The molecule has 22 heavy (non-hydrogen) atoms. The third kappa shape index (κ3) is 3.12. The Kier molecular flexibility index (Phi) is 4.39. The maximum atomic E-state index is 12.6. The lowest BCUT2D eigenvalue weighted by molar-refractivity contribution is 0.0632. The number of hydrogen-bond acceptors (Lipinski definition) is 3. The molecule has 0 aliphatic carbocycles. The summed E-state index contributed by atoms with van der Waals surface area (Å²) >= 11 is 0. The highest BCUT2D eigenvalue weighted by Gasteiger charge is 2.26. The molecule has 6 nitrogen and oxygen atoms in total. The number of nitrogens with zero attached hydrogens (tertiary/aromatic N) is 3. The Morgan fingerprint density at radius 2 is 2.41 bits per heavy atom. The first-order valence-corrected chi connectivity index (χ1v) is 7.40. The minimum atomic E-state index is 0.00775. The van der Waals surface area contributed by atoms with Gasteiger partial charge in [-0.25, -0.2) is 0 Å². The molecule has 0 unspecified atom stereocenters. The molecule has 1 N–H and O–H groups in total. The van der Waals surface area contributed by atoms with Gasteiger partial charge in [-0.3, -0.25) is 9.48 Å². The molecule has 0 fully saturated rings. The lowest BCUT2D eigenvalue weighted by atomic mass is 10.1. The fourth-order valence-corrected chi connectivity index (χ4v) is 2.74. The zero-order valence-corrected chi connectivity index (χ0v) is 12.4. The van der Waals surface area contributed by atoms with E-state index in [2.05, 4.69) is 16.7 Å². The number of carbonyl (C=O) groups excluding carboxylic acids is 1. The van der Waals surface area contributed by atoms with Crippen molar-refractivity contribution in [3.63, 3.8) is 0 Å². The number of amides is 1. The van der Waals surface area contributed by atoms with Crippen LogP contribution in [0.4, 0.5) is 0 Å². The number of nitrogens with one attached hydrogen (secondary N) is 1. The summed E-state index contributed by atoms with van der Waals surface area (Å²) in [6, 6.07) is 5.59. The van der Waals surface area contributed by atoms with Crippen molar-refractivity contribution in [3.05, 3.63) is 54.6 Å². The largest absolute Gasteiger partial charge is 0.377 e. The van der Waals surface area contributed by atoms with Gasteiger partial charge in [-0.1, -0.05) is 6.08 Å². The second kappa shape index (κ2) is 6.62. The maximum absolute atomic E-state index is 12.6. The lowest BCUT2D eigenvalue weighted by Crippen LogP contribution is -2.35. The van der Waals surface area contributed by atoms with Crippen LogP contribution in [0, 0.1) is 5.92 Å². The normalized spacial score (nSPS) is 17.8. The Balaban J connectivity index is 1.77. The lowest BCUT2D eigenvalue weighted by Gasteiger charge is -2.23. The Morgan fingerprint density at radius 1 is 1.50 bits per heavy atom. The molecule has 116 valence electrons. The molecule has 0 saturated carbocycles. The summed E-state index contributed by atoms with van der Waals surface area (Å²) in [7, 11) is 0. The van der Waals surface area contributed by atoms with Gasteiger partial charge in [0.15, 0.2) is 0 Å². The van der Waals surface area contributed by atoms with Crippen LogP contribution in [0.1, 0.15) is 16.2 Å². The number of aromatic amines is 1. The molecule has 1 aliphatic rings. The molecule has 1 aliphatic heterocycles. The van der Waals surface area contributed by atoms with Gasteiger partial charge in [0.25, 0.3) is 5.91 Å². The van der Waals surface area contributed by atoms with Gasteiger partial charge in [0, 0.05) is 31.4 Å². The van der Waals surface area contributed by atoms with E-state index in [1.165, 1.54) is 0 Å². The molecule has 1 amide bonds. The molecule has 3 heterocycles. The average Bonchev–Trinajstić information content (AvgIpc) is 3.16. The van der Waals surface area contributed by atoms with Crippen LogP contribution in [0.5, 0.6) is 0 Å². The van der Waals surface area contributed by atoms with Gasteiger partial charge in [-0.2, -0.15) is 5.10 Å². The molecule has 0 spiro atoms. The fourth-order valence-electron chi connectivity index (χ4n) is 2.74. The topological polar surface area (TPSA) is 63.1 Å². The van der Waals surface area contributed by atoms with E-state index < -0.39 is 0 Å². The molecule has 0 saturated heterocycles. The monoisotopic (exact) mass is 300 g/mol. The van der Waals surface area contributed by atoms with Gasteiger partial charge in [-0.05, 0) is 18.2 Å². The predicted octanol–water partition coefficient (Wildman–Crippen LogP) is 1.69. The molecule has 0 aromatic carbocycles. The van der Waals surface area contributed by atoms with E-state index >= 15 is 0 Å². The van der Waals surface area contributed by atoms with Crippen molar-refractivity contribution in [1.29, 1.82) is 0 Å². The zero-order chi connectivity index (χ0) is 15.4. The minimum absolute atomic E-state index is 0.00775. The van der Waals surface area contributed by atoms with Crippen molar-refractivity contribution in [2.45, 2.75) is 13.1 Å². The molecule has 2 aromatic heterocycles. The van der Waals surface area contributed by atoms with Crippen LogP contribution in [-0.4, -0.2) is 45.3 Å². The van der Waals surface area contributed by atoms with Crippen LogP contribution < -0.4 is 0 Å². The second-order valence-corrected chi connectivity index (χ2v) is 5.47. The molecular weight excluding hydrogens is 280 g/mol. The SMILES string of the molecule is C=CCOC[C@@H]1CN(C(=O)c2ccc[nH]2)Cc2ccnn2C1. The van der Waals surface area contributed by atoms with E-state index in [-0.39, 0.29) is 11.8 Å². The van der Waals surface area contributed by atoms with Gasteiger partial charge in [0.1, 0.15) is 5.69 Å². The summed E-state index contributed by atoms with van der Waals surface area (Å²) in [5, 5.41) is 4.35. The second-order valence-electron chi connectivity index (χ2n) is 5.47. The van der Waals surface area contributed by atoms with Gasteiger partial charge >= 0.3 is 0 Å². The van der Waals surface area contributed by atoms with E-state index in [0.717, 1.165) is 12.2 Å². The number of H-pyrrole nitrogens is 1. The van der Waals surface area contributed by atoms with Crippen LogP contribution in [0.2, 0.25) is 0 Å². The molecule has 6 heteroatoms. The molecule has 3 rings (SSSR count). The number of ether oxygens (including phenoxy) is 1. The molecular formula is C16H20N4O2. The molecule has 2 aromatic rings. The first-order valence-electron chi connectivity index (χ1n) is 7.40. The Morgan fingerprint density at radius 3 is 3.18 bits per heavy atom. The number of carbonyl (C=O) groups is 1. The van der Waals surface area contributed by atoms with Crippen molar-refractivity contribution in [2.75, 3.05) is 19.8 Å². The van der Waals surface area contributed by atoms with Crippen LogP contribution in [0.3, 0.4) is 0 Å². The highest BCUT2D eigenvalue weighted by Crippen LogP contribution is 2.18. The summed E-state index contributed by atoms with van der Waals surface area (Å²) < 4.78 is 7.55. The average molecular weight is 300 g/mol. The Bertz CT molecular complexity index is 632. The standard InChI is InChI=1S/C16H20N4O2/c1-2-8-22-12-13-9-19(16(21)15-4-3-6-17-15)11-14-5-7-18-20(14)10-13/h2-7,13,17H,1,8-12H2/t13-/m1/s1. The van der Waals surface area contributed by atoms with E-state index in [1.54, 1.807) is 24.5 Å². The van der Waals surface area contributed by atoms with E-state index in [9.17, 15) is 4.79 Å². The van der Waals surface area contributed by atoms with Gasteiger partial charge in [-0.15, -0.1) is 6.58 Å². The minimum Gasteiger partial charge on any atom is -0.377 e. The third-order valence-electron chi connectivity index (χ3n) is 3.77. The van der Waals surface area contributed by atoms with Crippen molar-refractivity contribution < 1.29 is 9.53 Å². The fraction of sp³-hybridized carbons (Fsp3) is 0.375. The number of aromatic nitrogens is 3. The summed E-state index contributed by atoms with van der Waals surface area (Å²) in [4.78, 5) is 17.5. The molecule has 0 radical (unpaired) electrons. The number of hydrogen-bond donors (Lipinski definition) is 1. The highest BCUT2D eigenvalue weighted by molar-refractivity contribution is 5.92. The van der Waals surface area contributed by atoms with Crippen molar-refractivity contribution >= 4 is 5.91 Å². The highest BCUT2D eigenvalue weighted by atomic mass is 16.5. The van der Waals surface area contributed by atoms with Crippen LogP contribution in [0.15, 0.2) is 43.2 Å². The third-order valence-corrected chi connectivity index (χ3v) is 3.77. The Hall–Kier alpha value is -2.34. The summed E-state index contributed by atoms with van der Waals surface area (Å²) in [6.45, 7) is 6.73. The first-order chi connectivity index (χ1) is 10.8. The summed E-state index contributed by atoms with van der Waals surface area (Å²) in [6.07, 6.45) is 5.28. The summed E-state index contributed by atoms with van der Waals surface area (Å²) in [5.41, 5.74) is 1.66. The number of rotatable bonds is 5. The predicted molar refractivity (Wildman–Crippen MR) is 82.3 cm³/mol. The van der Waals surface area contributed by atoms with E-state index in [4.69, 9.17) is 4.74 Å². The first kappa shape index (κ1) is 14.6. The van der Waals surface area contributed by atoms with Gasteiger partial charge in [0.05, 0.1) is 25.5 Å². The van der Waals surface area contributed by atoms with Crippen molar-refractivity contribution in [3.8, 4) is 0 Å². The summed E-state index contributed by atoms with van der Waals surface area (Å²) in [5.74, 6) is 0.216. The van der Waals surface area contributed by atoms with E-state index in [0.29, 0.717) is 32.0 Å². The zero-order valence-electron chi connectivity index (χ0n) is 12.4. The molecule has 0 bridgehead atoms. The number of fused-ring (bicyclic) bond motifs is 1. The van der Waals surface area contributed by atoms with Crippen LogP contribution in [-0.2, 0) is 17.8 Å². The maximum Gasteiger partial charge on any atom is 0.270 e. The van der Waals surface area contributed by atoms with Gasteiger partial charge in [0.2, 0.25) is 0 Å². The van der Waals surface area contributed by atoms with Crippen molar-refractivity contribution in [1.82, 2.24) is 19.7 Å². The molecule has 1 atom stereocenters. The van der Waals surface area contributed by atoms with Crippen molar-refractivity contribution in [2.24, 2.45) is 5.92 Å². The Labute approximate surface area is 129 Å².